The third kappa shape index (κ3) is 4.35. The van der Waals surface area contributed by atoms with Gasteiger partial charge in [-0.25, -0.2) is 9.97 Å². The molecule has 0 spiro atoms. The second kappa shape index (κ2) is 6.70. The molecular weight excluding hydrogens is 196 g/mol. The molecule has 0 atom stereocenters. The number of hydrogen-bond acceptors (Lipinski definition) is 6. The number of nitriles is 1. The minimum atomic E-state index is 0.0245. The van der Waals surface area contributed by atoms with E-state index in [0.717, 1.165) is 0 Å². The Kier molecular flexibility index (Phi) is 5.08. The monoisotopic (exact) mass is 208 g/mol. The lowest BCUT2D eigenvalue weighted by molar-refractivity contribution is 0.0992. The Morgan fingerprint density at radius 2 is 2.27 bits per heavy atom. The highest BCUT2D eigenvalue weighted by Gasteiger charge is 1.95. The molecule has 0 aliphatic carbocycles. The SMILES string of the molecule is N#Cc1cnc(NCCOCCO)cn1. The summed E-state index contributed by atoms with van der Waals surface area (Å²) in [5.74, 6) is 0.599. The van der Waals surface area contributed by atoms with Gasteiger partial charge in [0.25, 0.3) is 0 Å². The molecular formula is C9H12N4O2. The van der Waals surface area contributed by atoms with Crippen molar-refractivity contribution in [2.24, 2.45) is 0 Å². The third-order valence-electron chi connectivity index (χ3n) is 1.55. The summed E-state index contributed by atoms with van der Waals surface area (Å²) in [6.45, 7) is 1.43. The molecule has 6 nitrogen and oxygen atoms in total. The minimum absolute atomic E-state index is 0.0245. The fraction of sp³-hybridized carbons (Fsp3) is 0.444. The number of ether oxygens (including phenoxy) is 1. The molecule has 1 aromatic heterocycles. The molecule has 0 aliphatic rings. The van der Waals surface area contributed by atoms with Crippen LogP contribution in [0.2, 0.25) is 0 Å². The average molecular weight is 208 g/mol. The lowest BCUT2D eigenvalue weighted by Crippen LogP contribution is -2.12. The summed E-state index contributed by atoms with van der Waals surface area (Å²) in [6, 6.07) is 1.88. The molecule has 0 fully saturated rings. The first-order valence-electron chi connectivity index (χ1n) is 4.51. The van der Waals surface area contributed by atoms with Crippen molar-refractivity contribution in [2.45, 2.75) is 0 Å². The average Bonchev–Trinajstić information content (AvgIpc) is 2.30. The van der Waals surface area contributed by atoms with Gasteiger partial charge in [-0.2, -0.15) is 5.26 Å². The van der Waals surface area contributed by atoms with Gasteiger partial charge in [-0.15, -0.1) is 0 Å². The molecule has 0 saturated heterocycles. The van der Waals surface area contributed by atoms with Crippen molar-refractivity contribution >= 4 is 5.82 Å². The fourth-order valence-electron chi connectivity index (χ4n) is 0.895. The number of hydrogen-bond donors (Lipinski definition) is 2. The van der Waals surface area contributed by atoms with E-state index in [4.69, 9.17) is 15.1 Å². The maximum absolute atomic E-state index is 8.49. The van der Waals surface area contributed by atoms with Gasteiger partial charge in [0.1, 0.15) is 11.9 Å². The second-order valence-corrected chi connectivity index (χ2v) is 2.66. The van der Waals surface area contributed by atoms with Crippen LogP contribution in [0.15, 0.2) is 12.4 Å². The molecule has 0 aliphatic heterocycles. The predicted octanol–water partition coefficient (Wildman–Crippen LogP) is -0.231. The Labute approximate surface area is 87.5 Å². The Bertz CT molecular complexity index is 320. The molecule has 6 heteroatoms. The largest absolute Gasteiger partial charge is 0.394 e. The third-order valence-corrected chi connectivity index (χ3v) is 1.55. The van der Waals surface area contributed by atoms with Crippen molar-refractivity contribution in [1.82, 2.24) is 9.97 Å². The van der Waals surface area contributed by atoms with Crippen LogP contribution >= 0.6 is 0 Å². The Hall–Kier alpha value is -1.71. The van der Waals surface area contributed by atoms with Crippen LogP contribution in [0, 0.1) is 11.3 Å². The van der Waals surface area contributed by atoms with E-state index in [1.54, 1.807) is 0 Å². The number of nitrogens with one attached hydrogen (secondary N) is 1. The van der Waals surface area contributed by atoms with Crippen LogP contribution in [0.1, 0.15) is 5.69 Å². The molecule has 80 valence electrons. The summed E-state index contributed by atoms with van der Waals surface area (Å²) in [7, 11) is 0. The van der Waals surface area contributed by atoms with E-state index in [9.17, 15) is 0 Å². The van der Waals surface area contributed by atoms with Gasteiger partial charge in [0, 0.05) is 6.54 Å². The summed E-state index contributed by atoms with van der Waals surface area (Å²) < 4.78 is 5.04. The zero-order valence-corrected chi connectivity index (χ0v) is 8.18. The highest BCUT2D eigenvalue weighted by atomic mass is 16.5. The van der Waals surface area contributed by atoms with Gasteiger partial charge in [0.15, 0.2) is 5.69 Å². The van der Waals surface area contributed by atoms with Crippen LogP contribution in [0.3, 0.4) is 0 Å². The molecule has 0 amide bonds. The van der Waals surface area contributed by atoms with Crippen LogP contribution in [-0.2, 0) is 4.74 Å². The molecule has 1 heterocycles. The quantitative estimate of drug-likeness (QED) is 0.627. The van der Waals surface area contributed by atoms with Crippen molar-refractivity contribution in [1.29, 1.82) is 5.26 Å². The van der Waals surface area contributed by atoms with Crippen LogP contribution < -0.4 is 5.32 Å². The Morgan fingerprint density at radius 3 is 2.87 bits per heavy atom. The lowest BCUT2D eigenvalue weighted by Gasteiger charge is -2.04. The first-order chi connectivity index (χ1) is 7.36. The topological polar surface area (TPSA) is 91.1 Å². The summed E-state index contributed by atoms with van der Waals surface area (Å²) in [5.41, 5.74) is 0.289. The van der Waals surface area contributed by atoms with Crippen molar-refractivity contribution < 1.29 is 9.84 Å². The normalized spacial score (nSPS) is 9.60. The number of nitrogens with zero attached hydrogens (tertiary/aromatic N) is 3. The van der Waals surface area contributed by atoms with E-state index in [1.807, 2.05) is 6.07 Å². The maximum atomic E-state index is 8.49. The first-order valence-corrected chi connectivity index (χ1v) is 4.51. The Balaban J connectivity index is 2.23. The van der Waals surface area contributed by atoms with Gasteiger partial charge >= 0.3 is 0 Å². The molecule has 1 rings (SSSR count). The summed E-state index contributed by atoms with van der Waals surface area (Å²) in [4.78, 5) is 7.81. The van der Waals surface area contributed by atoms with Gasteiger partial charge in [0.2, 0.25) is 0 Å². The standard InChI is InChI=1S/C9H12N4O2/c10-5-8-6-13-9(7-12-8)11-1-3-15-4-2-14/h6-7,14H,1-4H2,(H,11,13). The van der Waals surface area contributed by atoms with Crippen molar-refractivity contribution in [3.8, 4) is 6.07 Å². The van der Waals surface area contributed by atoms with Crippen molar-refractivity contribution in [2.75, 3.05) is 31.7 Å². The molecule has 2 N–H and O–H groups in total. The van der Waals surface area contributed by atoms with Gasteiger partial charge in [-0.3, -0.25) is 0 Å². The molecule has 1 aromatic rings. The number of anilines is 1. The van der Waals surface area contributed by atoms with Gasteiger partial charge in [-0.1, -0.05) is 0 Å². The van der Waals surface area contributed by atoms with Crippen molar-refractivity contribution in [3.05, 3.63) is 18.1 Å². The van der Waals surface area contributed by atoms with Crippen molar-refractivity contribution in [3.63, 3.8) is 0 Å². The zero-order valence-electron chi connectivity index (χ0n) is 8.18. The lowest BCUT2D eigenvalue weighted by atomic mass is 10.5. The first kappa shape index (κ1) is 11.4. The van der Waals surface area contributed by atoms with E-state index in [1.165, 1.54) is 12.4 Å². The highest BCUT2D eigenvalue weighted by Crippen LogP contribution is 1.98. The zero-order chi connectivity index (χ0) is 10.9. The van der Waals surface area contributed by atoms with Crippen LogP contribution in [-0.4, -0.2) is 41.4 Å². The van der Waals surface area contributed by atoms with Gasteiger partial charge in [0.05, 0.1) is 32.2 Å². The Morgan fingerprint density at radius 1 is 1.40 bits per heavy atom. The molecule has 15 heavy (non-hydrogen) atoms. The predicted molar refractivity (Wildman–Crippen MR) is 53.1 cm³/mol. The van der Waals surface area contributed by atoms with Crippen LogP contribution in [0.4, 0.5) is 5.82 Å². The van der Waals surface area contributed by atoms with E-state index < -0.39 is 0 Å². The van der Waals surface area contributed by atoms with Crippen LogP contribution in [0.25, 0.3) is 0 Å². The van der Waals surface area contributed by atoms with E-state index in [-0.39, 0.29) is 12.3 Å². The number of aliphatic hydroxyl groups excluding tert-OH is 1. The molecule has 0 saturated carbocycles. The van der Waals surface area contributed by atoms with Gasteiger partial charge < -0.3 is 15.2 Å². The van der Waals surface area contributed by atoms with E-state index >= 15 is 0 Å². The highest BCUT2D eigenvalue weighted by molar-refractivity contribution is 5.32. The minimum Gasteiger partial charge on any atom is -0.394 e. The van der Waals surface area contributed by atoms with E-state index in [2.05, 4.69) is 15.3 Å². The number of rotatable bonds is 6. The van der Waals surface area contributed by atoms with E-state index in [0.29, 0.717) is 25.6 Å². The number of aromatic nitrogens is 2. The molecule has 0 unspecified atom stereocenters. The molecule has 0 radical (unpaired) electrons. The maximum Gasteiger partial charge on any atom is 0.158 e. The fourth-order valence-corrected chi connectivity index (χ4v) is 0.895. The smallest absolute Gasteiger partial charge is 0.158 e. The summed E-state index contributed by atoms with van der Waals surface area (Å²) in [5, 5.41) is 19.9. The number of aliphatic hydroxyl groups is 1. The summed E-state index contributed by atoms with van der Waals surface area (Å²) in [6.07, 6.45) is 2.89. The second-order valence-electron chi connectivity index (χ2n) is 2.66. The summed E-state index contributed by atoms with van der Waals surface area (Å²) >= 11 is 0. The van der Waals surface area contributed by atoms with Crippen LogP contribution in [0.5, 0.6) is 0 Å². The molecule has 0 bridgehead atoms. The van der Waals surface area contributed by atoms with Gasteiger partial charge in [-0.05, 0) is 0 Å². The molecule has 0 aromatic carbocycles.